The topological polar surface area (TPSA) is 67.4 Å². The first-order valence-corrected chi connectivity index (χ1v) is 11.4. The molecule has 1 heterocycles. The molecule has 0 fully saturated rings. The van der Waals surface area contributed by atoms with Crippen molar-refractivity contribution in [3.63, 3.8) is 0 Å². The largest absolute Gasteiger partial charge is 0.462 e. The maximum absolute atomic E-state index is 12.5. The van der Waals surface area contributed by atoms with E-state index in [-0.39, 0.29) is 17.0 Å². The number of anilines is 1. The maximum atomic E-state index is 12.5. The van der Waals surface area contributed by atoms with Crippen molar-refractivity contribution in [2.45, 2.75) is 32.6 Å². The first-order valence-electron chi connectivity index (χ1n) is 9.35. The third kappa shape index (κ3) is 5.74. The zero-order valence-corrected chi connectivity index (χ0v) is 19.1. The van der Waals surface area contributed by atoms with Gasteiger partial charge in [0.15, 0.2) is 5.11 Å². The monoisotopic (exact) mass is 492 g/mol. The number of fused-ring (bicyclic) bond motifs is 1. The van der Waals surface area contributed by atoms with Crippen LogP contribution >= 0.6 is 39.5 Å². The lowest BCUT2D eigenvalue weighted by atomic mass is 9.95. The van der Waals surface area contributed by atoms with Gasteiger partial charge < -0.3 is 10.1 Å². The normalized spacial score (nSPS) is 13.0. The number of carbonyl (C=O) groups excluding carboxylic acids is 2. The number of aryl methyl sites for hydroxylation is 1. The molecule has 0 saturated heterocycles. The molecule has 2 aromatic rings. The number of rotatable bonds is 5. The highest BCUT2D eigenvalue weighted by Gasteiger charge is 2.26. The molecule has 1 aromatic heterocycles. The first kappa shape index (κ1) is 21.7. The molecule has 3 rings (SSSR count). The van der Waals surface area contributed by atoms with Crippen LogP contribution in [0.4, 0.5) is 5.00 Å². The standard InChI is InChI=1S/C21H21BrN2O3S2/c1-2-27-20(26)18-15-5-3-4-6-16(15)29-19(18)24-21(28)23-17(25)12-9-13-7-10-14(22)11-8-13/h7-12H,2-6H2,1H3,(H2,23,24,25,28). The van der Waals surface area contributed by atoms with E-state index in [0.29, 0.717) is 17.2 Å². The zero-order chi connectivity index (χ0) is 20.8. The number of hydrogen-bond acceptors (Lipinski definition) is 5. The molecule has 0 bridgehead atoms. The third-order valence-electron chi connectivity index (χ3n) is 4.41. The molecule has 0 unspecified atom stereocenters. The number of esters is 1. The minimum absolute atomic E-state index is 0.152. The van der Waals surface area contributed by atoms with Crippen LogP contribution in [0.2, 0.25) is 0 Å². The Balaban J connectivity index is 1.68. The molecule has 152 valence electrons. The van der Waals surface area contributed by atoms with Gasteiger partial charge in [-0.25, -0.2) is 4.79 Å². The van der Waals surface area contributed by atoms with E-state index in [9.17, 15) is 9.59 Å². The Kier molecular flexibility index (Phi) is 7.57. The van der Waals surface area contributed by atoms with Crippen LogP contribution in [0.15, 0.2) is 34.8 Å². The van der Waals surface area contributed by atoms with E-state index >= 15 is 0 Å². The SMILES string of the molecule is CCOC(=O)c1c(NC(=S)NC(=O)C=Cc2ccc(Br)cc2)sc2c1CCCC2. The summed E-state index contributed by atoms with van der Waals surface area (Å²) in [6.07, 6.45) is 7.09. The molecule has 2 N–H and O–H groups in total. The fraction of sp³-hybridized carbons (Fsp3) is 0.286. The van der Waals surface area contributed by atoms with E-state index in [1.165, 1.54) is 22.3 Å². The fourth-order valence-electron chi connectivity index (χ4n) is 3.11. The molecule has 1 amide bonds. The first-order chi connectivity index (χ1) is 14.0. The zero-order valence-electron chi connectivity index (χ0n) is 15.9. The van der Waals surface area contributed by atoms with E-state index in [2.05, 4.69) is 26.6 Å². The van der Waals surface area contributed by atoms with E-state index in [1.807, 2.05) is 24.3 Å². The fourth-order valence-corrected chi connectivity index (χ4v) is 4.92. The van der Waals surface area contributed by atoms with E-state index in [0.717, 1.165) is 41.3 Å². The van der Waals surface area contributed by atoms with Gasteiger partial charge in [0.2, 0.25) is 5.91 Å². The number of halogens is 1. The number of ether oxygens (including phenoxy) is 1. The van der Waals surface area contributed by atoms with Crippen LogP contribution in [0.3, 0.4) is 0 Å². The predicted octanol–water partition coefficient (Wildman–Crippen LogP) is 5.09. The number of benzene rings is 1. The number of thiocarbonyl (C=S) groups is 1. The number of amides is 1. The van der Waals surface area contributed by atoms with Crippen molar-refractivity contribution < 1.29 is 14.3 Å². The highest BCUT2D eigenvalue weighted by molar-refractivity contribution is 9.10. The smallest absolute Gasteiger partial charge is 0.341 e. The quantitative estimate of drug-likeness (QED) is 0.345. The van der Waals surface area contributed by atoms with Crippen molar-refractivity contribution in [2.24, 2.45) is 0 Å². The van der Waals surface area contributed by atoms with Gasteiger partial charge in [-0.2, -0.15) is 0 Å². The highest BCUT2D eigenvalue weighted by atomic mass is 79.9. The summed E-state index contributed by atoms with van der Waals surface area (Å²) < 4.78 is 6.21. The second-order valence-corrected chi connectivity index (χ2v) is 8.89. The Morgan fingerprint density at radius 1 is 1.24 bits per heavy atom. The molecule has 8 heteroatoms. The van der Waals surface area contributed by atoms with Crippen molar-refractivity contribution >= 4 is 67.6 Å². The molecule has 0 atom stereocenters. The second kappa shape index (κ2) is 10.1. The molecule has 5 nitrogen and oxygen atoms in total. The second-order valence-electron chi connectivity index (χ2n) is 6.46. The summed E-state index contributed by atoms with van der Waals surface area (Å²) in [6, 6.07) is 7.59. The van der Waals surface area contributed by atoms with E-state index in [4.69, 9.17) is 17.0 Å². The number of carbonyl (C=O) groups is 2. The van der Waals surface area contributed by atoms with Crippen LogP contribution in [-0.2, 0) is 22.4 Å². The van der Waals surface area contributed by atoms with Gasteiger partial charge in [0.1, 0.15) is 5.00 Å². The Morgan fingerprint density at radius 2 is 1.97 bits per heavy atom. The molecule has 29 heavy (non-hydrogen) atoms. The summed E-state index contributed by atoms with van der Waals surface area (Å²) in [6.45, 7) is 2.09. The Bertz CT molecular complexity index is 952. The summed E-state index contributed by atoms with van der Waals surface area (Å²) in [5.74, 6) is -0.692. The summed E-state index contributed by atoms with van der Waals surface area (Å²) in [4.78, 5) is 25.8. The molecule has 1 aliphatic rings. The van der Waals surface area contributed by atoms with Crippen LogP contribution in [0, 0.1) is 0 Å². The van der Waals surface area contributed by atoms with Gasteiger partial charge >= 0.3 is 5.97 Å². The van der Waals surface area contributed by atoms with Crippen LogP contribution < -0.4 is 10.6 Å². The molecule has 0 saturated carbocycles. The average Bonchev–Trinajstić information content (AvgIpc) is 3.05. The van der Waals surface area contributed by atoms with Gasteiger partial charge in [0.05, 0.1) is 12.2 Å². The molecular weight excluding hydrogens is 472 g/mol. The summed E-state index contributed by atoms with van der Waals surface area (Å²) >= 11 is 10.2. The summed E-state index contributed by atoms with van der Waals surface area (Å²) in [5, 5.41) is 6.44. The van der Waals surface area contributed by atoms with Crippen LogP contribution in [-0.4, -0.2) is 23.6 Å². The van der Waals surface area contributed by atoms with E-state index < -0.39 is 0 Å². The maximum Gasteiger partial charge on any atom is 0.341 e. The van der Waals surface area contributed by atoms with Crippen molar-refractivity contribution in [2.75, 3.05) is 11.9 Å². The number of thiophene rings is 1. The number of nitrogens with one attached hydrogen (secondary N) is 2. The van der Waals surface area contributed by atoms with E-state index in [1.54, 1.807) is 13.0 Å². The van der Waals surface area contributed by atoms with Crippen LogP contribution in [0.5, 0.6) is 0 Å². The highest BCUT2D eigenvalue weighted by Crippen LogP contribution is 2.38. The van der Waals surface area contributed by atoms with Crippen molar-refractivity contribution in [3.05, 3.63) is 56.4 Å². The molecule has 0 spiro atoms. The predicted molar refractivity (Wildman–Crippen MR) is 124 cm³/mol. The van der Waals surface area contributed by atoms with Crippen LogP contribution in [0.25, 0.3) is 6.08 Å². The average molecular weight is 493 g/mol. The van der Waals surface area contributed by atoms with Gasteiger partial charge in [-0.15, -0.1) is 11.3 Å². The molecule has 1 aliphatic carbocycles. The van der Waals surface area contributed by atoms with Gasteiger partial charge in [-0.05, 0) is 74.2 Å². The Morgan fingerprint density at radius 3 is 2.69 bits per heavy atom. The van der Waals surface area contributed by atoms with Gasteiger partial charge in [-0.3, -0.25) is 10.1 Å². The van der Waals surface area contributed by atoms with Crippen molar-refractivity contribution in [1.82, 2.24) is 5.32 Å². The summed E-state index contributed by atoms with van der Waals surface area (Å²) in [5.41, 5.74) is 2.50. The minimum Gasteiger partial charge on any atom is -0.462 e. The molecule has 1 aromatic carbocycles. The lowest BCUT2D eigenvalue weighted by molar-refractivity contribution is -0.115. The Hall–Kier alpha value is -2.03. The van der Waals surface area contributed by atoms with Crippen molar-refractivity contribution in [3.8, 4) is 0 Å². The molecular formula is C21H21BrN2O3S2. The lowest BCUT2D eigenvalue weighted by Crippen LogP contribution is -2.33. The van der Waals surface area contributed by atoms with Gasteiger partial charge in [0.25, 0.3) is 0 Å². The van der Waals surface area contributed by atoms with Crippen LogP contribution in [0.1, 0.15) is 46.1 Å². The Labute approximate surface area is 187 Å². The summed E-state index contributed by atoms with van der Waals surface area (Å²) in [7, 11) is 0. The minimum atomic E-state index is -0.348. The molecule has 0 radical (unpaired) electrons. The molecule has 0 aliphatic heterocycles. The van der Waals surface area contributed by atoms with Crippen molar-refractivity contribution in [1.29, 1.82) is 0 Å². The third-order valence-corrected chi connectivity index (χ3v) is 6.35. The number of hydrogen-bond donors (Lipinski definition) is 2. The van der Waals surface area contributed by atoms with Gasteiger partial charge in [0, 0.05) is 15.4 Å². The lowest BCUT2D eigenvalue weighted by Gasteiger charge is -2.12. The van der Waals surface area contributed by atoms with Gasteiger partial charge in [-0.1, -0.05) is 28.1 Å².